The Morgan fingerprint density at radius 1 is 1.19 bits per heavy atom. The van der Waals surface area contributed by atoms with Gasteiger partial charge in [0, 0.05) is 19.1 Å². The third kappa shape index (κ3) is 3.50. The molecule has 2 atom stereocenters. The van der Waals surface area contributed by atoms with Crippen molar-refractivity contribution >= 4 is 12.0 Å². The zero-order valence-corrected chi connectivity index (χ0v) is 13.3. The number of carboxylic acid groups (broad SMARTS) is 1. The molecule has 5 heteroatoms. The highest BCUT2D eigenvalue weighted by atomic mass is 16.4. The third-order valence-corrected chi connectivity index (χ3v) is 5.17. The fraction of sp³-hybridized carbons (Fsp3) is 0.875. The van der Waals surface area contributed by atoms with Gasteiger partial charge in [-0.3, -0.25) is 0 Å². The van der Waals surface area contributed by atoms with Crippen molar-refractivity contribution in [3.8, 4) is 0 Å². The predicted molar refractivity (Wildman–Crippen MR) is 81.2 cm³/mol. The van der Waals surface area contributed by atoms with Crippen molar-refractivity contribution in [2.24, 2.45) is 5.92 Å². The third-order valence-electron chi connectivity index (χ3n) is 5.17. The summed E-state index contributed by atoms with van der Waals surface area (Å²) in [5, 5.41) is 9.48. The molecule has 21 heavy (non-hydrogen) atoms. The number of carbonyl (C=O) groups is 2. The summed E-state index contributed by atoms with van der Waals surface area (Å²) in [7, 11) is 0. The van der Waals surface area contributed by atoms with Gasteiger partial charge in [-0.25, -0.2) is 9.59 Å². The SMILES string of the molecule is CCC1CCN(C(=O)N(CC)C2CCCC2)C(C(=O)O)C1. The van der Waals surface area contributed by atoms with E-state index in [0.29, 0.717) is 31.5 Å². The molecule has 2 amide bonds. The number of piperidine rings is 1. The highest BCUT2D eigenvalue weighted by molar-refractivity contribution is 5.83. The van der Waals surface area contributed by atoms with Crippen molar-refractivity contribution in [3.63, 3.8) is 0 Å². The molecule has 1 aliphatic carbocycles. The Kier molecular flexibility index (Phi) is 5.48. The summed E-state index contributed by atoms with van der Waals surface area (Å²) in [6, 6.07) is -0.404. The second-order valence-corrected chi connectivity index (χ2v) is 6.35. The number of likely N-dealkylation sites (tertiary alicyclic amines) is 1. The molecule has 2 unspecified atom stereocenters. The number of nitrogens with zero attached hydrogens (tertiary/aromatic N) is 2. The lowest BCUT2D eigenvalue weighted by molar-refractivity contribution is -0.144. The molecular weight excluding hydrogens is 268 g/mol. The van der Waals surface area contributed by atoms with Gasteiger partial charge in [0.15, 0.2) is 0 Å². The Balaban J connectivity index is 2.09. The maximum atomic E-state index is 12.8. The Bertz CT molecular complexity index is 380. The van der Waals surface area contributed by atoms with E-state index in [1.165, 1.54) is 12.8 Å². The molecule has 0 aromatic carbocycles. The summed E-state index contributed by atoms with van der Waals surface area (Å²) in [6.45, 7) is 5.34. The first-order chi connectivity index (χ1) is 10.1. The van der Waals surface area contributed by atoms with Gasteiger partial charge in [0.1, 0.15) is 6.04 Å². The van der Waals surface area contributed by atoms with E-state index in [-0.39, 0.29) is 6.03 Å². The predicted octanol–water partition coefficient (Wildman–Crippen LogP) is 2.95. The molecule has 0 spiro atoms. The van der Waals surface area contributed by atoms with Crippen molar-refractivity contribution < 1.29 is 14.7 Å². The first-order valence-electron chi connectivity index (χ1n) is 8.38. The van der Waals surface area contributed by atoms with Crippen LogP contribution in [-0.2, 0) is 4.79 Å². The number of aliphatic carboxylic acids is 1. The van der Waals surface area contributed by atoms with Crippen LogP contribution in [0.2, 0.25) is 0 Å². The van der Waals surface area contributed by atoms with E-state index in [1.807, 2.05) is 11.8 Å². The fourth-order valence-electron chi connectivity index (χ4n) is 3.80. The van der Waals surface area contributed by atoms with Gasteiger partial charge in [-0.1, -0.05) is 26.2 Å². The second kappa shape index (κ2) is 7.14. The Morgan fingerprint density at radius 2 is 1.86 bits per heavy atom. The molecule has 5 nitrogen and oxygen atoms in total. The summed E-state index contributed by atoms with van der Waals surface area (Å²) >= 11 is 0. The van der Waals surface area contributed by atoms with Crippen molar-refractivity contribution in [1.82, 2.24) is 9.80 Å². The first-order valence-corrected chi connectivity index (χ1v) is 8.38. The van der Waals surface area contributed by atoms with E-state index in [2.05, 4.69) is 6.92 Å². The van der Waals surface area contributed by atoms with Crippen LogP contribution in [0.1, 0.15) is 58.8 Å². The summed E-state index contributed by atoms with van der Waals surface area (Å²) in [5.74, 6) is -0.430. The fourth-order valence-corrected chi connectivity index (χ4v) is 3.80. The summed E-state index contributed by atoms with van der Waals surface area (Å²) in [4.78, 5) is 27.9. The molecule has 0 bridgehead atoms. The number of hydrogen-bond acceptors (Lipinski definition) is 2. The normalized spacial score (nSPS) is 26.9. The molecule has 120 valence electrons. The van der Waals surface area contributed by atoms with Crippen LogP contribution >= 0.6 is 0 Å². The molecule has 0 aromatic rings. The number of carbonyl (C=O) groups excluding carboxylic acids is 1. The van der Waals surface area contributed by atoms with Crippen LogP contribution in [0.15, 0.2) is 0 Å². The van der Waals surface area contributed by atoms with E-state index in [4.69, 9.17) is 0 Å². The van der Waals surface area contributed by atoms with Crippen LogP contribution in [0, 0.1) is 5.92 Å². The van der Waals surface area contributed by atoms with E-state index < -0.39 is 12.0 Å². The van der Waals surface area contributed by atoms with Crippen LogP contribution in [0.25, 0.3) is 0 Å². The molecule has 2 rings (SSSR count). The molecule has 1 N–H and O–H groups in total. The zero-order chi connectivity index (χ0) is 15.4. The Hall–Kier alpha value is -1.26. The van der Waals surface area contributed by atoms with Gasteiger partial charge in [0.2, 0.25) is 0 Å². The quantitative estimate of drug-likeness (QED) is 0.867. The molecule has 2 fully saturated rings. The molecule has 1 saturated heterocycles. The van der Waals surface area contributed by atoms with Crippen LogP contribution in [0.4, 0.5) is 4.79 Å². The Morgan fingerprint density at radius 3 is 2.38 bits per heavy atom. The minimum absolute atomic E-state index is 0.0636. The number of hydrogen-bond donors (Lipinski definition) is 1. The van der Waals surface area contributed by atoms with E-state index >= 15 is 0 Å². The van der Waals surface area contributed by atoms with Crippen LogP contribution in [0.3, 0.4) is 0 Å². The van der Waals surface area contributed by atoms with Gasteiger partial charge in [-0.2, -0.15) is 0 Å². The van der Waals surface area contributed by atoms with Gasteiger partial charge >= 0.3 is 12.0 Å². The average molecular weight is 296 g/mol. The topological polar surface area (TPSA) is 60.9 Å². The van der Waals surface area contributed by atoms with Crippen molar-refractivity contribution in [3.05, 3.63) is 0 Å². The van der Waals surface area contributed by atoms with E-state index in [9.17, 15) is 14.7 Å². The molecule has 1 saturated carbocycles. The smallest absolute Gasteiger partial charge is 0.326 e. The van der Waals surface area contributed by atoms with Gasteiger partial charge in [-0.05, 0) is 38.5 Å². The summed E-state index contributed by atoms with van der Waals surface area (Å²) in [6.07, 6.45) is 6.98. The lowest BCUT2D eigenvalue weighted by Gasteiger charge is -2.41. The van der Waals surface area contributed by atoms with Gasteiger partial charge in [-0.15, -0.1) is 0 Å². The maximum Gasteiger partial charge on any atom is 0.326 e. The molecule has 0 radical (unpaired) electrons. The van der Waals surface area contributed by atoms with Gasteiger partial charge in [0.05, 0.1) is 0 Å². The largest absolute Gasteiger partial charge is 0.480 e. The highest BCUT2D eigenvalue weighted by Crippen LogP contribution is 2.29. The number of carboxylic acids is 1. The van der Waals surface area contributed by atoms with Crippen molar-refractivity contribution in [2.75, 3.05) is 13.1 Å². The number of urea groups is 1. The minimum Gasteiger partial charge on any atom is -0.480 e. The first kappa shape index (κ1) is 16.1. The molecule has 2 aliphatic rings. The lowest BCUT2D eigenvalue weighted by atomic mass is 9.89. The minimum atomic E-state index is -0.857. The Labute approximate surface area is 127 Å². The van der Waals surface area contributed by atoms with E-state index in [0.717, 1.165) is 25.7 Å². The van der Waals surface area contributed by atoms with Gasteiger partial charge < -0.3 is 14.9 Å². The highest BCUT2D eigenvalue weighted by Gasteiger charge is 2.38. The number of amides is 2. The number of rotatable bonds is 4. The average Bonchev–Trinajstić information content (AvgIpc) is 3.01. The lowest BCUT2D eigenvalue weighted by Crippen LogP contribution is -2.56. The van der Waals surface area contributed by atoms with Crippen molar-refractivity contribution in [2.45, 2.75) is 70.9 Å². The van der Waals surface area contributed by atoms with Crippen LogP contribution in [-0.4, -0.2) is 52.1 Å². The van der Waals surface area contributed by atoms with Crippen LogP contribution < -0.4 is 0 Å². The van der Waals surface area contributed by atoms with E-state index in [1.54, 1.807) is 4.90 Å². The second-order valence-electron chi connectivity index (χ2n) is 6.35. The molecule has 0 aromatic heterocycles. The summed E-state index contributed by atoms with van der Waals surface area (Å²) < 4.78 is 0. The molecule has 1 aliphatic heterocycles. The monoisotopic (exact) mass is 296 g/mol. The summed E-state index contributed by atoms with van der Waals surface area (Å²) in [5.41, 5.74) is 0. The zero-order valence-electron chi connectivity index (χ0n) is 13.3. The van der Waals surface area contributed by atoms with Crippen LogP contribution in [0.5, 0.6) is 0 Å². The maximum absolute atomic E-state index is 12.8. The van der Waals surface area contributed by atoms with Gasteiger partial charge in [0.25, 0.3) is 0 Å². The molecular formula is C16H28N2O3. The van der Waals surface area contributed by atoms with Crippen molar-refractivity contribution in [1.29, 1.82) is 0 Å². The molecule has 1 heterocycles. The standard InChI is InChI=1S/C16H28N2O3/c1-3-12-9-10-18(14(11-12)15(19)20)16(21)17(4-2)13-7-5-6-8-13/h12-14H,3-11H2,1-2H3,(H,19,20).